The van der Waals surface area contributed by atoms with E-state index in [2.05, 4.69) is 0 Å². The summed E-state index contributed by atoms with van der Waals surface area (Å²) in [6.07, 6.45) is -0.958. The van der Waals surface area contributed by atoms with Gasteiger partial charge in [0.15, 0.2) is 6.10 Å². The summed E-state index contributed by atoms with van der Waals surface area (Å²) in [6, 6.07) is 11.7. The molecular weight excluding hydrogens is 308 g/mol. The predicted molar refractivity (Wildman–Crippen MR) is 88.5 cm³/mol. The lowest BCUT2D eigenvalue weighted by atomic mass is 10.2. The van der Waals surface area contributed by atoms with Gasteiger partial charge in [0, 0.05) is 23.6 Å². The molecule has 0 unspecified atom stereocenters. The number of aromatic nitrogens is 1. The van der Waals surface area contributed by atoms with E-state index in [-0.39, 0.29) is 19.1 Å². The van der Waals surface area contributed by atoms with Crippen molar-refractivity contribution in [2.24, 2.45) is 0 Å². The van der Waals surface area contributed by atoms with Crippen LogP contribution in [0.1, 0.15) is 21.7 Å². The van der Waals surface area contributed by atoms with Gasteiger partial charge in [-0.1, -0.05) is 18.2 Å². The van der Waals surface area contributed by atoms with Crippen molar-refractivity contribution in [3.05, 3.63) is 53.3 Å². The van der Waals surface area contributed by atoms with E-state index in [9.17, 15) is 9.59 Å². The average Bonchev–Trinajstić information content (AvgIpc) is 2.89. The van der Waals surface area contributed by atoms with Gasteiger partial charge >= 0.3 is 5.97 Å². The summed E-state index contributed by atoms with van der Waals surface area (Å²) in [4.78, 5) is 25.5. The molecule has 1 aliphatic rings. The van der Waals surface area contributed by atoms with Crippen molar-refractivity contribution in [2.75, 3.05) is 19.7 Å². The number of rotatable bonds is 3. The molecule has 1 aromatic carbocycles. The van der Waals surface area contributed by atoms with Crippen LogP contribution in [0.2, 0.25) is 0 Å². The molecule has 6 nitrogen and oxygen atoms in total. The molecule has 0 spiro atoms. The van der Waals surface area contributed by atoms with Gasteiger partial charge in [0.25, 0.3) is 5.91 Å². The predicted octanol–water partition coefficient (Wildman–Crippen LogP) is 2.02. The number of para-hydroxylation sites is 1. The molecule has 126 valence electrons. The number of ether oxygens (including phenoxy) is 1. The molecule has 1 aromatic heterocycles. The van der Waals surface area contributed by atoms with E-state index in [4.69, 9.17) is 9.84 Å². The molecule has 24 heavy (non-hydrogen) atoms. The summed E-state index contributed by atoms with van der Waals surface area (Å²) in [5.74, 6) is -1.19. The Morgan fingerprint density at radius 3 is 2.58 bits per heavy atom. The average molecular weight is 328 g/mol. The second-order valence-electron chi connectivity index (χ2n) is 5.90. The third kappa shape index (κ3) is 2.92. The lowest BCUT2D eigenvalue weighted by molar-refractivity contribution is -0.154. The minimum absolute atomic E-state index is 0.0726. The number of nitrogens with zero attached hydrogens (tertiary/aromatic N) is 2. The molecule has 1 atom stereocenters. The Labute approximate surface area is 140 Å². The highest BCUT2D eigenvalue weighted by atomic mass is 16.5. The highest BCUT2D eigenvalue weighted by Crippen LogP contribution is 2.22. The molecule has 0 saturated carbocycles. The highest BCUT2D eigenvalue weighted by Gasteiger charge is 2.31. The summed E-state index contributed by atoms with van der Waals surface area (Å²) in [6.45, 7) is 4.57. The Balaban J connectivity index is 1.90. The Bertz CT molecular complexity index is 767. The summed E-state index contributed by atoms with van der Waals surface area (Å²) in [5.41, 5.74) is 3.41. The number of amides is 1. The first-order chi connectivity index (χ1) is 11.5. The van der Waals surface area contributed by atoms with Gasteiger partial charge in [0.1, 0.15) is 0 Å². The molecule has 0 bridgehead atoms. The maximum Gasteiger partial charge on any atom is 0.334 e. The minimum Gasteiger partial charge on any atom is -0.479 e. The standard InChI is InChI=1S/C18H20N2O4/c1-12-10-15(13(2)20(12)14-6-4-3-5-7-14)17(21)19-8-9-24-16(11-19)18(22)23/h3-7,10,16H,8-9,11H2,1-2H3,(H,22,23)/t16-/m1/s1. The van der Waals surface area contributed by atoms with E-state index in [0.717, 1.165) is 17.1 Å². The van der Waals surface area contributed by atoms with E-state index in [1.807, 2.05) is 54.8 Å². The molecule has 3 rings (SSSR count). The number of aryl methyl sites for hydroxylation is 1. The van der Waals surface area contributed by atoms with E-state index in [1.54, 1.807) is 4.90 Å². The molecule has 1 N–H and O–H groups in total. The molecule has 1 fully saturated rings. The van der Waals surface area contributed by atoms with Gasteiger partial charge in [0.05, 0.1) is 18.7 Å². The van der Waals surface area contributed by atoms with E-state index in [0.29, 0.717) is 12.1 Å². The summed E-state index contributed by atoms with van der Waals surface area (Å²) in [5, 5.41) is 9.09. The zero-order valence-corrected chi connectivity index (χ0v) is 13.7. The quantitative estimate of drug-likeness (QED) is 0.936. The van der Waals surface area contributed by atoms with Gasteiger partial charge in [-0.2, -0.15) is 0 Å². The van der Waals surface area contributed by atoms with Crippen molar-refractivity contribution in [1.82, 2.24) is 9.47 Å². The number of carbonyl (C=O) groups excluding carboxylic acids is 1. The van der Waals surface area contributed by atoms with Gasteiger partial charge in [-0.3, -0.25) is 4.79 Å². The van der Waals surface area contributed by atoms with Gasteiger partial charge in [0.2, 0.25) is 0 Å². The molecule has 0 aliphatic carbocycles. The van der Waals surface area contributed by atoms with E-state index >= 15 is 0 Å². The fourth-order valence-corrected chi connectivity index (χ4v) is 3.11. The number of carboxylic acids is 1. The lowest BCUT2D eigenvalue weighted by Gasteiger charge is -2.30. The van der Waals surface area contributed by atoms with Crippen LogP contribution in [0.4, 0.5) is 0 Å². The smallest absolute Gasteiger partial charge is 0.334 e. The summed E-state index contributed by atoms with van der Waals surface area (Å²) >= 11 is 0. The highest BCUT2D eigenvalue weighted by molar-refractivity contribution is 5.96. The van der Waals surface area contributed by atoms with Crippen LogP contribution in [0, 0.1) is 13.8 Å². The van der Waals surface area contributed by atoms with E-state index in [1.165, 1.54) is 0 Å². The van der Waals surface area contributed by atoms with Gasteiger partial charge in [-0.15, -0.1) is 0 Å². The number of benzene rings is 1. The number of hydrogen-bond acceptors (Lipinski definition) is 3. The van der Waals surface area contributed by atoms with Crippen molar-refractivity contribution in [3.8, 4) is 5.69 Å². The van der Waals surface area contributed by atoms with Crippen molar-refractivity contribution < 1.29 is 19.4 Å². The fourth-order valence-electron chi connectivity index (χ4n) is 3.11. The topological polar surface area (TPSA) is 71.8 Å². The zero-order chi connectivity index (χ0) is 17.3. The summed E-state index contributed by atoms with van der Waals surface area (Å²) in [7, 11) is 0. The van der Waals surface area contributed by atoms with Gasteiger partial charge in [-0.05, 0) is 32.0 Å². The molecule has 6 heteroatoms. The zero-order valence-electron chi connectivity index (χ0n) is 13.7. The molecule has 2 heterocycles. The Morgan fingerprint density at radius 2 is 1.92 bits per heavy atom. The lowest BCUT2D eigenvalue weighted by Crippen LogP contribution is -2.48. The van der Waals surface area contributed by atoms with Crippen LogP contribution < -0.4 is 0 Å². The SMILES string of the molecule is Cc1cc(C(=O)N2CCO[C@@H](C(=O)O)C2)c(C)n1-c1ccccc1. The molecular formula is C18H20N2O4. The van der Waals surface area contributed by atoms with Crippen LogP contribution >= 0.6 is 0 Å². The number of morpholine rings is 1. The maximum absolute atomic E-state index is 12.8. The first-order valence-electron chi connectivity index (χ1n) is 7.87. The second-order valence-corrected chi connectivity index (χ2v) is 5.90. The first kappa shape index (κ1) is 16.3. The molecule has 1 amide bonds. The number of carbonyl (C=O) groups is 2. The Morgan fingerprint density at radius 1 is 1.21 bits per heavy atom. The molecule has 1 aliphatic heterocycles. The monoisotopic (exact) mass is 328 g/mol. The van der Waals surface area contributed by atoms with Crippen molar-refractivity contribution in [3.63, 3.8) is 0 Å². The second kappa shape index (κ2) is 6.49. The van der Waals surface area contributed by atoms with Crippen molar-refractivity contribution in [2.45, 2.75) is 20.0 Å². The third-order valence-corrected chi connectivity index (χ3v) is 4.31. The largest absolute Gasteiger partial charge is 0.479 e. The van der Waals surface area contributed by atoms with Crippen LogP contribution in [0.15, 0.2) is 36.4 Å². The van der Waals surface area contributed by atoms with Gasteiger partial charge < -0.3 is 19.3 Å². The van der Waals surface area contributed by atoms with Crippen LogP contribution in [-0.4, -0.2) is 52.3 Å². The molecule has 2 aromatic rings. The van der Waals surface area contributed by atoms with Crippen molar-refractivity contribution >= 4 is 11.9 Å². The van der Waals surface area contributed by atoms with Crippen LogP contribution in [0.25, 0.3) is 5.69 Å². The number of carboxylic acid groups (broad SMARTS) is 1. The normalized spacial score (nSPS) is 17.8. The Hall–Kier alpha value is -2.60. The summed E-state index contributed by atoms with van der Waals surface area (Å²) < 4.78 is 7.22. The number of aliphatic carboxylic acids is 1. The minimum atomic E-state index is -1.04. The van der Waals surface area contributed by atoms with Crippen LogP contribution in [-0.2, 0) is 9.53 Å². The third-order valence-electron chi connectivity index (χ3n) is 4.31. The van der Waals surface area contributed by atoms with E-state index < -0.39 is 12.1 Å². The van der Waals surface area contributed by atoms with Crippen LogP contribution in [0.5, 0.6) is 0 Å². The number of hydrogen-bond donors (Lipinski definition) is 1. The van der Waals surface area contributed by atoms with Crippen molar-refractivity contribution in [1.29, 1.82) is 0 Å². The Kier molecular flexibility index (Phi) is 4.40. The molecule has 1 saturated heterocycles. The molecule has 0 radical (unpaired) electrons. The maximum atomic E-state index is 12.8. The fraction of sp³-hybridized carbons (Fsp3) is 0.333. The van der Waals surface area contributed by atoms with Crippen LogP contribution in [0.3, 0.4) is 0 Å². The first-order valence-corrected chi connectivity index (χ1v) is 7.87. The van der Waals surface area contributed by atoms with Gasteiger partial charge in [-0.25, -0.2) is 4.79 Å².